The normalized spacial score (nSPS) is 14.0. The zero-order valence-corrected chi connectivity index (χ0v) is 18.9. The van der Waals surface area contributed by atoms with E-state index in [9.17, 15) is 4.79 Å². The number of hydrogen-bond acceptors (Lipinski definition) is 6. The van der Waals surface area contributed by atoms with E-state index in [2.05, 4.69) is 39.2 Å². The number of aryl methyl sites for hydroxylation is 2. The first-order valence-corrected chi connectivity index (χ1v) is 11.2. The maximum absolute atomic E-state index is 12.9. The van der Waals surface area contributed by atoms with Crippen molar-refractivity contribution in [3.63, 3.8) is 0 Å². The Kier molecular flexibility index (Phi) is 5.64. The molecule has 0 atom stereocenters. The number of fused-ring (bicyclic) bond motifs is 1. The Balaban J connectivity index is 1.23. The van der Waals surface area contributed by atoms with Crippen molar-refractivity contribution < 1.29 is 4.79 Å². The molecule has 0 unspecified atom stereocenters. The summed E-state index contributed by atoms with van der Waals surface area (Å²) in [5.74, 6) is 1.57. The first kappa shape index (κ1) is 20.9. The zero-order chi connectivity index (χ0) is 22.8. The average Bonchev–Trinajstić information content (AvgIpc) is 3.23. The van der Waals surface area contributed by atoms with Crippen molar-refractivity contribution >= 4 is 34.4 Å². The molecule has 1 fully saturated rings. The summed E-state index contributed by atoms with van der Waals surface area (Å²) in [7, 11) is 0. The van der Waals surface area contributed by atoms with Gasteiger partial charge >= 0.3 is 0 Å². The van der Waals surface area contributed by atoms with E-state index in [4.69, 9.17) is 4.98 Å². The van der Waals surface area contributed by atoms with Crippen LogP contribution in [0.25, 0.3) is 11.0 Å². The zero-order valence-electron chi connectivity index (χ0n) is 18.9. The Morgan fingerprint density at radius 3 is 2.52 bits per heavy atom. The number of benzene rings is 2. The molecule has 4 aromatic rings. The lowest BCUT2D eigenvalue weighted by molar-refractivity contribution is -0.132. The molecule has 3 heterocycles. The highest BCUT2D eigenvalue weighted by molar-refractivity contribution is 5.80. The Bertz CT molecular complexity index is 1270. The third kappa shape index (κ3) is 4.64. The van der Waals surface area contributed by atoms with Gasteiger partial charge in [0.15, 0.2) is 0 Å². The van der Waals surface area contributed by atoms with Gasteiger partial charge in [0, 0.05) is 43.6 Å². The van der Waals surface area contributed by atoms with Crippen LogP contribution in [0.3, 0.4) is 0 Å². The van der Waals surface area contributed by atoms with E-state index in [-0.39, 0.29) is 5.91 Å². The molecule has 1 aliphatic heterocycles. The summed E-state index contributed by atoms with van der Waals surface area (Å²) >= 11 is 0. The summed E-state index contributed by atoms with van der Waals surface area (Å²) in [6, 6.07) is 18.0. The number of amides is 1. The van der Waals surface area contributed by atoms with Gasteiger partial charge in [-0.2, -0.15) is 4.98 Å². The number of rotatable bonds is 5. The second-order valence-corrected chi connectivity index (χ2v) is 8.41. The number of carbonyl (C=O) groups is 1. The van der Waals surface area contributed by atoms with Gasteiger partial charge in [0.2, 0.25) is 11.9 Å². The van der Waals surface area contributed by atoms with Gasteiger partial charge < -0.3 is 19.7 Å². The number of hydrogen-bond donors (Lipinski definition) is 1. The van der Waals surface area contributed by atoms with Crippen LogP contribution >= 0.6 is 0 Å². The fourth-order valence-corrected chi connectivity index (χ4v) is 4.10. The summed E-state index contributed by atoms with van der Waals surface area (Å²) in [6.07, 6.45) is 1.74. The summed E-state index contributed by atoms with van der Waals surface area (Å²) < 4.78 is 1.92. The van der Waals surface area contributed by atoms with Gasteiger partial charge in [0.25, 0.3) is 0 Å². The van der Waals surface area contributed by atoms with Crippen LogP contribution in [0.4, 0.5) is 17.5 Å². The average molecular weight is 442 g/mol. The van der Waals surface area contributed by atoms with Crippen molar-refractivity contribution in [1.29, 1.82) is 0 Å². The van der Waals surface area contributed by atoms with Crippen LogP contribution in [0.5, 0.6) is 0 Å². The van der Waals surface area contributed by atoms with Crippen molar-refractivity contribution in [1.82, 2.24) is 24.4 Å². The van der Waals surface area contributed by atoms with Gasteiger partial charge in [-0.3, -0.25) is 4.79 Å². The van der Waals surface area contributed by atoms with Crippen molar-refractivity contribution in [2.24, 2.45) is 0 Å². The second-order valence-electron chi connectivity index (χ2n) is 8.41. The topological polar surface area (TPSA) is 79.2 Å². The van der Waals surface area contributed by atoms with E-state index in [1.54, 1.807) is 6.33 Å². The molecular formula is C25H27N7O. The van der Waals surface area contributed by atoms with Crippen LogP contribution in [0, 0.1) is 13.8 Å². The van der Waals surface area contributed by atoms with Gasteiger partial charge in [-0.15, -0.1) is 0 Å². The molecule has 2 aromatic heterocycles. The van der Waals surface area contributed by atoms with Crippen molar-refractivity contribution in [3.8, 4) is 0 Å². The molecule has 0 aliphatic carbocycles. The fourth-order valence-electron chi connectivity index (χ4n) is 4.10. The highest BCUT2D eigenvalue weighted by atomic mass is 16.2. The molecule has 2 aromatic carbocycles. The fraction of sp³-hybridized carbons (Fsp3) is 0.280. The minimum atomic E-state index is 0.110. The summed E-state index contributed by atoms with van der Waals surface area (Å²) in [5, 5.41) is 3.30. The molecule has 0 bridgehead atoms. The molecule has 0 spiro atoms. The number of para-hydroxylation sites is 2. The van der Waals surface area contributed by atoms with Crippen LogP contribution in [0.2, 0.25) is 0 Å². The van der Waals surface area contributed by atoms with E-state index in [0.29, 0.717) is 25.6 Å². The molecule has 1 saturated heterocycles. The van der Waals surface area contributed by atoms with Crippen molar-refractivity contribution in [2.45, 2.75) is 20.4 Å². The lowest BCUT2D eigenvalue weighted by Crippen LogP contribution is -2.49. The monoisotopic (exact) mass is 441 g/mol. The quantitative estimate of drug-likeness (QED) is 0.510. The number of nitrogens with one attached hydrogen (secondary N) is 1. The lowest BCUT2D eigenvalue weighted by Gasteiger charge is -2.35. The van der Waals surface area contributed by atoms with E-state index in [0.717, 1.165) is 41.3 Å². The number of nitrogens with zero attached hydrogens (tertiary/aromatic N) is 6. The molecule has 8 heteroatoms. The smallest absolute Gasteiger partial charge is 0.242 e. The Morgan fingerprint density at radius 1 is 0.970 bits per heavy atom. The molecule has 0 saturated carbocycles. The molecule has 1 N–H and O–H groups in total. The number of aromatic nitrogens is 4. The molecule has 5 rings (SSSR count). The lowest BCUT2D eigenvalue weighted by atomic mass is 10.2. The van der Waals surface area contributed by atoms with Gasteiger partial charge in [-0.1, -0.05) is 29.8 Å². The van der Waals surface area contributed by atoms with E-state index in [1.807, 2.05) is 58.9 Å². The van der Waals surface area contributed by atoms with Crippen LogP contribution < -0.4 is 10.2 Å². The van der Waals surface area contributed by atoms with E-state index in [1.165, 1.54) is 5.56 Å². The summed E-state index contributed by atoms with van der Waals surface area (Å²) in [6.45, 7) is 7.13. The third-order valence-electron chi connectivity index (χ3n) is 5.94. The summed E-state index contributed by atoms with van der Waals surface area (Å²) in [5.41, 5.74) is 4.96. The molecule has 168 valence electrons. The number of anilines is 3. The molecular weight excluding hydrogens is 414 g/mol. The predicted octanol–water partition coefficient (Wildman–Crippen LogP) is 3.54. The Morgan fingerprint density at radius 2 is 1.73 bits per heavy atom. The Hall–Kier alpha value is -3.94. The van der Waals surface area contributed by atoms with Crippen LogP contribution in [0.1, 0.15) is 11.3 Å². The molecule has 0 radical (unpaired) electrons. The maximum Gasteiger partial charge on any atom is 0.242 e. The molecule has 33 heavy (non-hydrogen) atoms. The molecule has 1 aliphatic rings. The van der Waals surface area contributed by atoms with E-state index >= 15 is 0 Å². The van der Waals surface area contributed by atoms with Gasteiger partial charge in [-0.05, 0) is 38.1 Å². The SMILES string of the molecule is Cc1ccc(Nc2nc(C)cc(N3CCN(C(=O)Cn4cnc5ccccc54)CC3)n2)cc1. The Labute approximate surface area is 192 Å². The first-order valence-electron chi connectivity index (χ1n) is 11.2. The third-order valence-corrected chi connectivity index (χ3v) is 5.94. The van der Waals surface area contributed by atoms with Crippen LogP contribution in [-0.2, 0) is 11.3 Å². The minimum absolute atomic E-state index is 0.110. The van der Waals surface area contributed by atoms with Gasteiger partial charge in [0.05, 0.1) is 17.4 Å². The highest BCUT2D eigenvalue weighted by Gasteiger charge is 2.23. The minimum Gasteiger partial charge on any atom is -0.353 e. The highest BCUT2D eigenvalue weighted by Crippen LogP contribution is 2.20. The van der Waals surface area contributed by atoms with E-state index < -0.39 is 0 Å². The van der Waals surface area contributed by atoms with Crippen LogP contribution in [0.15, 0.2) is 60.9 Å². The second kappa shape index (κ2) is 8.90. The van der Waals surface area contributed by atoms with Crippen molar-refractivity contribution in [3.05, 3.63) is 72.2 Å². The standard InChI is InChI=1S/C25H27N7O/c1-18-7-9-20(10-8-18)28-25-27-19(2)15-23(29-25)30-11-13-31(14-12-30)24(33)16-32-17-26-21-5-3-4-6-22(21)32/h3-10,15,17H,11-14,16H2,1-2H3,(H,27,28,29). The number of piperazine rings is 1. The largest absolute Gasteiger partial charge is 0.353 e. The van der Waals surface area contributed by atoms with Crippen LogP contribution in [-0.4, -0.2) is 56.5 Å². The first-order chi connectivity index (χ1) is 16.0. The number of carbonyl (C=O) groups excluding carboxylic acids is 1. The molecule has 8 nitrogen and oxygen atoms in total. The van der Waals surface area contributed by atoms with Gasteiger partial charge in [-0.25, -0.2) is 9.97 Å². The maximum atomic E-state index is 12.9. The van der Waals surface area contributed by atoms with Gasteiger partial charge in [0.1, 0.15) is 12.4 Å². The predicted molar refractivity (Wildman–Crippen MR) is 130 cm³/mol. The van der Waals surface area contributed by atoms with Crippen molar-refractivity contribution in [2.75, 3.05) is 36.4 Å². The number of imidazole rings is 1. The molecule has 1 amide bonds. The summed E-state index contributed by atoms with van der Waals surface area (Å²) in [4.78, 5) is 30.7.